The molecule has 0 aliphatic heterocycles. The third kappa shape index (κ3) is 4.39. The van der Waals surface area contributed by atoms with E-state index in [0.717, 1.165) is 30.6 Å². The van der Waals surface area contributed by atoms with Crippen molar-refractivity contribution in [2.75, 3.05) is 6.61 Å². The molecule has 2 heteroatoms. The SMILES string of the molecule is CCCC(O)c1cccc(OCCc2ccccc2)c1. The van der Waals surface area contributed by atoms with Crippen molar-refractivity contribution in [2.24, 2.45) is 0 Å². The zero-order valence-corrected chi connectivity index (χ0v) is 12.0. The standard InChI is InChI=1S/C18H22O2/c1-2-7-18(19)16-10-6-11-17(14-16)20-13-12-15-8-4-3-5-9-15/h3-6,8-11,14,18-19H,2,7,12-13H2,1H3. The van der Waals surface area contributed by atoms with Crippen molar-refractivity contribution < 1.29 is 9.84 Å². The predicted octanol–water partition coefficient (Wildman–Crippen LogP) is 4.14. The summed E-state index contributed by atoms with van der Waals surface area (Å²) < 4.78 is 5.77. The molecule has 1 N–H and O–H groups in total. The number of benzene rings is 2. The Morgan fingerprint density at radius 3 is 2.60 bits per heavy atom. The fourth-order valence-electron chi connectivity index (χ4n) is 2.18. The minimum absolute atomic E-state index is 0.391. The van der Waals surface area contributed by atoms with Gasteiger partial charge in [-0.25, -0.2) is 0 Å². The molecule has 0 saturated carbocycles. The second kappa shape index (κ2) is 7.71. The number of hydrogen-bond donors (Lipinski definition) is 1. The average molecular weight is 270 g/mol. The van der Waals surface area contributed by atoms with Gasteiger partial charge in [0.25, 0.3) is 0 Å². The summed E-state index contributed by atoms with van der Waals surface area (Å²) in [4.78, 5) is 0. The molecule has 0 radical (unpaired) electrons. The van der Waals surface area contributed by atoms with Crippen LogP contribution in [-0.2, 0) is 6.42 Å². The smallest absolute Gasteiger partial charge is 0.119 e. The van der Waals surface area contributed by atoms with Gasteiger partial charge < -0.3 is 9.84 Å². The van der Waals surface area contributed by atoms with Crippen molar-refractivity contribution in [3.63, 3.8) is 0 Å². The minimum Gasteiger partial charge on any atom is -0.493 e. The Kier molecular flexibility index (Phi) is 5.63. The third-order valence-corrected chi connectivity index (χ3v) is 3.31. The summed E-state index contributed by atoms with van der Waals surface area (Å²) in [7, 11) is 0. The number of rotatable bonds is 7. The first-order valence-electron chi connectivity index (χ1n) is 7.24. The maximum absolute atomic E-state index is 9.99. The van der Waals surface area contributed by atoms with Crippen LogP contribution < -0.4 is 4.74 Å². The van der Waals surface area contributed by atoms with E-state index in [1.54, 1.807) is 0 Å². The van der Waals surface area contributed by atoms with E-state index in [2.05, 4.69) is 19.1 Å². The van der Waals surface area contributed by atoms with Gasteiger partial charge in [-0.2, -0.15) is 0 Å². The van der Waals surface area contributed by atoms with E-state index in [1.807, 2.05) is 42.5 Å². The Bertz CT molecular complexity index is 508. The van der Waals surface area contributed by atoms with Crippen LogP contribution in [0.2, 0.25) is 0 Å². The Hall–Kier alpha value is -1.80. The first kappa shape index (κ1) is 14.6. The van der Waals surface area contributed by atoms with Crippen LogP contribution in [0.25, 0.3) is 0 Å². The Morgan fingerprint density at radius 2 is 1.85 bits per heavy atom. The van der Waals surface area contributed by atoms with Gasteiger partial charge in [0.15, 0.2) is 0 Å². The highest BCUT2D eigenvalue weighted by molar-refractivity contribution is 5.30. The van der Waals surface area contributed by atoms with Gasteiger partial charge in [-0.1, -0.05) is 55.8 Å². The van der Waals surface area contributed by atoms with Crippen molar-refractivity contribution in [1.82, 2.24) is 0 Å². The lowest BCUT2D eigenvalue weighted by Gasteiger charge is -2.12. The first-order chi connectivity index (χ1) is 9.79. The molecule has 2 aromatic carbocycles. The highest BCUT2D eigenvalue weighted by Crippen LogP contribution is 2.22. The predicted molar refractivity (Wildman–Crippen MR) is 82.0 cm³/mol. The van der Waals surface area contributed by atoms with Crippen LogP contribution in [0.5, 0.6) is 5.75 Å². The molecular weight excluding hydrogens is 248 g/mol. The molecule has 0 fully saturated rings. The Labute approximate surface area is 121 Å². The summed E-state index contributed by atoms with van der Waals surface area (Å²) in [5.74, 6) is 0.827. The molecule has 0 aliphatic carbocycles. The zero-order chi connectivity index (χ0) is 14.2. The van der Waals surface area contributed by atoms with Gasteiger partial charge in [-0.05, 0) is 29.7 Å². The van der Waals surface area contributed by atoms with Gasteiger partial charge in [-0.3, -0.25) is 0 Å². The van der Waals surface area contributed by atoms with Crippen LogP contribution in [0.3, 0.4) is 0 Å². The van der Waals surface area contributed by atoms with E-state index in [9.17, 15) is 5.11 Å². The summed E-state index contributed by atoms with van der Waals surface area (Å²) in [6.07, 6.45) is 2.26. The van der Waals surface area contributed by atoms with E-state index in [0.29, 0.717) is 6.61 Å². The quantitative estimate of drug-likeness (QED) is 0.819. The first-order valence-corrected chi connectivity index (χ1v) is 7.24. The highest BCUT2D eigenvalue weighted by atomic mass is 16.5. The molecule has 0 amide bonds. The highest BCUT2D eigenvalue weighted by Gasteiger charge is 2.07. The fourth-order valence-corrected chi connectivity index (χ4v) is 2.18. The molecule has 2 nitrogen and oxygen atoms in total. The van der Waals surface area contributed by atoms with Crippen molar-refractivity contribution in [3.05, 3.63) is 65.7 Å². The van der Waals surface area contributed by atoms with Crippen LogP contribution in [0.15, 0.2) is 54.6 Å². The van der Waals surface area contributed by atoms with Gasteiger partial charge in [0.1, 0.15) is 5.75 Å². The lowest BCUT2D eigenvalue weighted by Crippen LogP contribution is -2.02. The Balaban J connectivity index is 1.88. The number of aliphatic hydroxyl groups is 1. The van der Waals surface area contributed by atoms with Crippen LogP contribution in [-0.4, -0.2) is 11.7 Å². The molecule has 0 heterocycles. The normalized spacial score (nSPS) is 12.1. The summed E-state index contributed by atoms with van der Waals surface area (Å²) >= 11 is 0. The van der Waals surface area contributed by atoms with Crippen molar-refractivity contribution >= 4 is 0 Å². The molecule has 2 aromatic rings. The molecule has 1 unspecified atom stereocenters. The van der Waals surface area contributed by atoms with Crippen LogP contribution in [0, 0.1) is 0 Å². The van der Waals surface area contributed by atoms with Gasteiger partial charge in [0.2, 0.25) is 0 Å². The Morgan fingerprint density at radius 1 is 1.05 bits per heavy atom. The maximum atomic E-state index is 9.99. The van der Waals surface area contributed by atoms with Gasteiger partial charge in [-0.15, -0.1) is 0 Å². The molecule has 20 heavy (non-hydrogen) atoms. The van der Waals surface area contributed by atoms with Crippen molar-refractivity contribution in [3.8, 4) is 5.75 Å². The molecule has 0 aromatic heterocycles. The van der Waals surface area contributed by atoms with E-state index in [4.69, 9.17) is 4.74 Å². The van der Waals surface area contributed by atoms with E-state index >= 15 is 0 Å². The number of ether oxygens (including phenoxy) is 1. The van der Waals surface area contributed by atoms with E-state index in [-0.39, 0.29) is 0 Å². The average Bonchev–Trinajstić information content (AvgIpc) is 2.49. The monoisotopic (exact) mass is 270 g/mol. The van der Waals surface area contributed by atoms with Gasteiger partial charge >= 0.3 is 0 Å². The minimum atomic E-state index is -0.391. The molecule has 1 atom stereocenters. The van der Waals surface area contributed by atoms with Crippen LogP contribution in [0.1, 0.15) is 37.0 Å². The zero-order valence-electron chi connectivity index (χ0n) is 12.0. The van der Waals surface area contributed by atoms with Gasteiger partial charge in [0.05, 0.1) is 12.7 Å². The van der Waals surface area contributed by atoms with E-state index < -0.39 is 6.10 Å². The maximum Gasteiger partial charge on any atom is 0.119 e. The second-order valence-corrected chi connectivity index (χ2v) is 4.96. The van der Waals surface area contributed by atoms with Crippen molar-refractivity contribution in [2.45, 2.75) is 32.3 Å². The fraction of sp³-hybridized carbons (Fsp3) is 0.333. The lowest BCUT2D eigenvalue weighted by molar-refractivity contribution is 0.166. The second-order valence-electron chi connectivity index (χ2n) is 4.96. The molecule has 0 aliphatic rings. The number of aliphatic hydroxyl groups excluding tert-OH is 1. The van der Waals surface area contributed by atoms with Gasteiger partial charge in [0, 0.05) is 6.42 Å². The summed E-state index contributed by atoms with van der Waals surface area (Å²) in [5, 5.41) is 9.99. The van der Waals surface area contributed by atoms with Crippen LogP contribution in [0.4, 0.5) is 0 Å². The van der Waals surface area contributed by atoms with Crippen molar-refractivity contribution in [1.29, 1.82) is 0 Å². The summed E-state index contributed by atoms with van der Waals surface area (Å²) in [6, 6.07) is 18.1. The molecule has 2 rings (SSSR count). The molecule has 106 valence electrons. The molecule has 0 bridgehead atoms. The number of hydrogen-bond acceptors (Lipinski definition) is 2. The molecule has 0 saturated heterocycles. The summed E-state index contributed by atoms with van der Waals surface area (Å²) in [5.41, 5.74) is 2.21. The third-order valence-electron chi connectivity index (χ3n) is 3.31. The summed E-state index contributed by atoms with van der Waals surface area (Å²) in [6.45, 7) is 2.72. The molecule has 0 spiro atoms. The largest absolute Gasteiger partial charge is 0.493 e. The lowest BCUT2D eigenvalue weighted by atomic mass is 10.1. The van der Waals surface area contributed by atoms with Crippen LogP contribution >= 0.6 is 0 Å². The van der Waals surface area contributed by atoms with E-state index in [1.165, 1.54) is 5.56 Å². The topological polar surface area (TPSA) is 29.5 Å². The molecular formula is C18H22O2.